The molecular formula is C15H17N5S. The van der Waals surface area contributed by atoms with Gasteiger partial charge in [-0.3, -0.25) is 0 Å². The molecule has 2 aromatic rings. The highest BCUT2D eigenvalue weighted by Gasteiger charge is 2.26. The number of hydrogen-bond acceptors (Lipinski definition) is 6. The van der Waals surface area contributed by atoms with Gasteiger partial charge in [0.05, 0.1) is 11.3 Å². The predicted molar refractivity (Wildman–Crippen MR) is 84.8 cm³/mol. The number of aryl methyl sites for hydroxylation is 1. The molecule has 0 saturated carbocycles. The van der Waals surface area contributed by atoms with Gasteiger partial charge in [0.25, 0.3) is 0 Å². The summed E-state index contributed by atoms with van der Waals surface area (Å²) in [5, 5.41) is 12.0. The van der Waals surface area contributed by atoms with E-state index in [0.29, 0.717) is 11.6 Å². The van der Waals surface area contributed by atoms with Crippen molar-refractivity contribution in [1.82, 2.24) is 9.97 Å². The third-order valence-electron chi connectivity index (χ3n) is 3.68. The molecule has 0 unspecified atom stereocenters. The molecule has 0 radical (unpaired) electrons. The lowest BCUT2D eigenvalue weighted by molar-refractivity contribution is 0.546. The summed E-state index contributed by atoms with van der Waals surface area (Å²) in [4.78, 5) is 13.6. The maximum Gasteiger partial charge on any atom is 0.185 e. The van der Waals surface area contributed by atoms with Crippen molar-refractivity contribution in [2.45, 2.75) is 19.9 Å². The van der Waals surface area contributed by atoms with Crippen molar-refractivity contribution in [2.75, 3.05) is 29.4 Å². The molecule has 1 aliphatic rings. The molecule has 3 heterocycles. The topological polar surface area (TPSA) is 56.0 Å². The van der Waals surface area contributed by atoms with Crippen LogP contribution in [0.5, 0.6) is 0 Å². The lowest BCUT2D eigenvalue weighted by Crippen LogP contribution is -2.52. The van der Waals surface area contributed by atoms with Crippen LogP contribution >= 0.6 is 11.3 Å². The van der Waals surface area contributed by atoms with Crippen molar-refractivity contribution in [3.8, 4) is 6.07 Å². The predicted octanol–water partition coefficient (Wildman–Crippen LogP) is 2.43. The highest BCUT2D eigenvalue weighted by Crippen LogP contribution is 2.26. The lowest BCUT2D eigenvalue weighted by Gasteiger charge is -2.40. The summed E-state index contributed by atoms with van der Waals surface area (Å²) in [6.45, 7) is 7.02. The normalized spacial score (nSPS) is 18.6. The Labute approximate surface area is 128 Å². The average Bonchev–Trinajstić information content (AvgIpc) is 2.93. The van der Waals surface area contributed by atoms with Crippen LogP contribution < -0.4 is 9.80 Å². The molecule has 5 nitrogen and oxygen atoms in total. The minimum Gasteiger partial charge on any atom is -0.353 e. The first-order valence-corrected chi connectivity index (χ1v) is 7.85. The van der Waals surface area contributed by atoms with Crippen LogP contribution in [0.3, 0.4) is 0 Å². The number of aromatic nitrogens is 2. The standard InChI is InChI=1S/C15H17N5S/c1-11-10-21-15(18-11)20-6-5-19(9-12(20)2)14-4-3-13(7-16)8-17-14/h3-4,8,10,12H,5-6,9H2,1-2H3/t12-/m0/s1. The van der Waals surface area contributed by atoms with E-state index < -0.39 is 0 Å². The fourth-order valence-corrected chi connectivity index (χ4v) is 3.49. The average molecular weight is 299 g/mol. The second-order valence-electron chi connectivity index (χ2n) is 5.28. The number of piperazine rings is 1. The molecule has 21 heavy (non-hydrogen) atoms. The van der Waals surface area contributed by atoms with Crippen molar-refractivity contribution in [1.29, 1.82) is 5.26 Å². The van der Waals surface area contributed by atoms with Gasteiger partial charge in [0.15, 0.2) is 5.13 Å². The van der Waals surface area contributed by atoms with Crippen molar-refractivity contribution >= 4 is 22.3 Å². The quantitative estimate of drug-likeness (QED) is 0.852. The van der Waals surface area contributed by atoms with Gasteiger partial charge in [-0.15, -0.1) is 11.3 Å². The number of pyridine rings is 1. The van der Waals surface area contributed by atoms with Crippen LogP contribution in [0.15, 0.2) is 23.7 Å². The van der Waals surface area contributed by atoms with Crippen LogP contribution in [0.2, 0.25) is 0 Å². The summed E-state index contributed by atoms with van der Waals surface area (Å²) in [5.41, 5.74) is 1.68. The van der Waals surface area contributed by atoms with E-state index in [0.717, 1.165) is 36.3 Å². The number of thiazole rings is 1. The Morgan fingerprint density at radius 1 is 1.38 bits per heavy atom. The van der Waals surface area contributed by atoms with Crippen molar-refractivity contribution < 1.29 is 0 Å². The summed E-state index contributed by atoms with van der Waals surface area (Å²) < 4.78 is 0. The molecule has 0 bridgehead atoms. The number of anilines is 2. The van der Waals surface area contributed by atoms with E-state index in [-0.39, 0.29) is 0 Å². The molecule has 1 fully saturated rings. The van der Waals surface area contributed by atoms with Crippen molar-refractivity contribution in [3.05, 3.63) is 35.0 Å². The van der Waals surface area contributed by atoms with E-state index in [1.165, 1.54) is 0 Å². The Balaban J connectivity index is 1.71. The van der Waals surface area contributed by atoms with E-state index in [1.54, 1.807) is 17.5 Å². The third kappa shape index (κ3) is 2.83. The fraction of sp³-hybridized carbons (Fsp3) is 0.400. The monoisotopic (exact) mass is 299 g/mol. The van der Waals surface area contributed by atoms with Gasteiger partial charge in [-0.05, 0) is 26.0 Å². The van der Waals surface area contributed by atoms with Crippen LogP contribution in [0.4, 0.5) is 10.9 Å². The van der Waals surface area contributed by atoms with Crippen LogP contribution in [0, 0.1) is 18.3 Å². The minimum absolute atomic E-state index is 0.391. The summed E-state index contributed by atoms with van der Waals surface area (Å²) in [5.74, 6) is 0.941. The van der Waals surface area contributed by atoms with E-state index in [2.05, 4.69) is 38.1 Å². The highest BCUT2D eigenvalue weighted by atomic mass is 32.1. The molecule has 2 aromatic heterocycles. The highest BCUT2D eigenvalue weighted by molar-refractivity contribution is 7.13. The van der Waals surface area contributed by atoms with E-state index in [9.17, 15) is 0 Å². The van der Waals surface area contributed by atoms with Gasteiger partial charge in [0, 0.05) is 37.3 Å². The van der Waals surface area contributed by atoms with Gasteiger partial charge in [-0.25, -0.2) is 9.97 Å². The summed E-state index contributed by atoms with van der Waals surface area (Å²) in [6, 6.07) is 6.24. The number of nitriles is 1. The smallest absolute Gasteiger partial charge is 0.185 e. The summed E-state index contributed by atoms with van der Waals surface area (Å²) in [7, 11) is 0. The molecule has 1 saturated heterocycles. The van der Waals surface area contributed by atoms with Gasteiger partial charge in [-0.1, -0.05) is 0 Å². The molecular weight excluding hydrogens is 282 g/mol. The van der Waals surface area contributed by atoms with Crippen LogP contribution in [-0.4, -0.2) is 35.6 Å². The van der Waals surface area contributed by atoms with Gasteiger partial charge < -0.3 is 9.80 Å². The molecule has 0 amide bonds. The SMILES string of the molecule is Cc1csc(N2CCN(c3ccc(C#N)cn3)C[C@@H]2C)n1. The van der Waals surface area contributed by atoms with Crippen LogP contribution in [0.1, 0.15) is 18.2 Å². The van der Waals surface area contributed by atoms with Gasteiger partial charge >= 0.3 is 0 Å². The summed E-state index contributed by atoms with van der Waals surface area (Å²) in [6.07, 6.45) is 1.64. The second-order valence-corrected chi connectivity index (χ2v) is 6.11. The van der Waals surface area contributed by atoms with E-state index >= 15 is 0 Å². The first-order valence-electron chi connectivity index (χ1n) is 6.97. The van der Waals surface area contributed by atoms with E-state index in [4.69, 9.17) is 5.26 Å². The molecule has 3 rings (SSSR count). The fourth-order valence-electron chi connectivity index (χ4n) is 2.56. The molecule has 0 spiro atoms. The van der Waals surface area contributed by atoms with Gasteiger partial charge in [0.1, 0.15) is 11.9 Å². The molecule has 0 aromatic carbocycles. The Bertz CT molecular complexity index is 657. The Kier molecular flexibility index (Phi) is 3.76. The maximum absolute atomic E-state index is 8.83. The maximum atomic E-state index is 8.83. The number of nitrogens with zero attached hydrogens (tertiary/aromatic N) is 5. The van der Waals surface area contributed by atoms with Crippen molar-refractivity contribution in [2.24, 2.45) is 0 Å². The van der Waals surface area contributed by atoms with E-state index in [1.807, 2.05) is 19.1 Å². The van der Waals surface area contributed by atoms with Crippen LogP contribution in [-0.2, 0) is 0 Å². The van der Waals surface area contributed by atoms with Gasteiger partial charge in [-0.2, -0.15) is 5.26 Å². The molecule has 1 atom stereocenters. The zero-order valence-electron chi connectivity index (χ0n) is 12.2. The lowest BCUT2D eigenvalue weighted by atomic mass is 10.2. The molecule has 1 aliphatic heterocycles. The molecule has 108 valence electrons. The Morgan fingerprint density at radius 3 is 2.81 bits per heavy atom. The Morgan fingerprint density at radius 2 is 2.24 bits per heavy atom. The molecule has 0 aliphatic carbocycles. The summed E-state index contributed by atoms with van der Waals surface area (Å²) >= 11 is 1.71. The Hall–Kier alpha value is -2.13. The van der Waals surface area contributed by atoms with Crippen molar-refractivity contribution in [3.63, 3.8) is 0 Å². The zero-order chi connectivity index (χ0) is 14.8. The zero-order valence-corrected chi connectivity index (χ0v) is 13.0. The first kappa shape index (κ1) is 13.8. The number of rotatable bonds is 2. The third-order valence-corrected chi connectivity index (χ3v) is 4.68. The largest absolute Gasteiger partial charge is 0.353 e. The molecule has 6 heteroatoms. The van der Waals surface area contributed by atoms with Crippen LogP contribution in [0.25, 0.3) is 0 Å². The van der Waals surface area contributed by atoms with Gasteiger partial charge in [0.2, 0.25) is 0 Å². The number of hydrogen-bond donors (Lipinski definition) is 0. The minimum atomic E-state index is 0.391. The molecule has 0 N–H and O–H groups in total. The first-order chi connectivity index (χ1) is 10.2. The second kappa shape index (κ2) is 5.70.